The van der Waals surface area contributed by atoms with E-state index in [9.17, 15) is 9.18 Å². The van der Waals surface area contributed by atoms with Crippen LogP contribution in [0.4, 0.5) is 4.39 Å². The average Bonchev–Trinajstić information content (AvgIpc) is 2.93. The molecule has 0 saturated heterocycles. The van der Waals surface area contributed by atoms with Gasteiger partial charge in [0.2, 0.25) is 0 Å². The van der Waals surface area contributed by atoms with Crippen molar-refractivity contribution in [2.75, 3.05) is 0 Å². The predicted octanol–water partition coefficient (Wildman–Crippen LogP) is 1.27. The molecule has 0 amide bonds. The molecule has 0 saturated carbocycles. The molecule has 0 spiro atoms. The van der Waals surface area contributed by atoms with Gasteiger partial charge in [0.1, 0.15) is 17.2 Å². The van der Waals surface area contributed by atoms with Crippen LogP contribution in [0, 0.1) is 5.82 Å². The molecule has 2 heterocycles. The van der Waals surface area contributed by atoms with Crippen LogP contribution in [-0.2, 0) is 0 Å². The van der Waals surface area contributed by atoms with Crippen LogP contribution in [0.1, 0.15) is 18.8 Å². The van der Waals surface area contributed by atoms with Crippen molar-refractivity contribution in [3.8, 4) is 5.82 Å². The number of fused-ring (bicyclic) bond motifs is 1. The molecule has 2 aromatic heterocycles. The highest BCUT2D eigenvalue weighted by molar-refractivity contribution is 5.78. The summed E-state index contributed by atoms with van der Waals surface area (Å²) in [6.07, 6.45) is 1.59. The molecule has 102 valence electrons. The van der Waals surface area contributed by atoms with Crippen molar-refractivity contribution in [1.82, 2.24) is 19.7 Å². The molecule has 0 aliphatic rings. The lowest BCUT2D eigenvalue weighted by atomic mass is 10.2. The van der Waals surface area contributed by atoms with E-state index >= 15 is 0 Å². The quantitative estimate of drug-likeness (QED) is 0.735. The molecule has 1 aromatic carbocycles. The maximum atomic E-state index is 13.8. The summed E-state index contributed by atoms with van der Waals surface area (Å²) >= 11 is 0. The summed E-state index contributed by atoms with van der Waals surface area (Å²) < 4.78 is 15.1. The lowest BCUT2D eigenvalue weighted by Gasteiger charge is -2.13. The van der Waals surface area contributed by atoms with Crippen LogP contribution < -0.4 is 11.3 Å². The van der Waals surface area contributed by atoms with Crippen LogP contribution in [0.2, 0.25) is 0 Å². The predicted molar refractivity (Wildman–Crippen MR) is 72.0 cm³/mol. The largest absolute Gasteiger partial charge is 0.322 e. The molecule has 7 heteroatoms. The fourth-order valence-electron chi connectivity index (χ4n) is 2.09. The van der Waals surface area contributed by atoms with Crippen molar-refractivity contribution in [2.45, 2.75) is 13.0 Å². The average molecular weight is 273 g/mol. The van der Waals surface area contributed by atoms with Crippen molar-refractivity contribution < 1.29 is 4.39 Å². The lowest BCUT2D eigenvalue weighted by molar-refractivity contribution is 0.629. The van der Waals surface area contributed by atoms with Crippen LogP contribution in [0.15, 0.2) is 35.3 Å². The van der Waals surface area contributed by atoms with E-state index in [1.165, 1.54) is 22.8 Å². The van der Waals surface area contributed by atoms with Gasteiger partial charge in [0, 0.05) is 12.3 Å². The molecule has 3 aromatic rings. The molecular formula is C13H12FN5O. The molecule has 0 radical (unpaired) electrons. The Morgan fingerprint density at radius 3 is 2.85 bits per heavy atom. The minimum absolute atomic E-state index is 0.0246. The lowest BCUT2D eigenvalue weighted by Crippen LogP contribution is -2.28. The summed E-state index contributed by atoms with van der Waals surface area (Å²) in [6.45, 7) is 1.68. The second-order valence-electron chi connectivity index (χ2n) is 4.47. The topological polar surface area (TPSA) is 89.6 Å². The van der Waals surface area contributed by atoms with Crippen LogP contribution in [0.3, 0.4) is 0 Å². The third-order valence-corrected chi connectivity index (χ3v) is 3.00. The molecule has 1 atom stereocenters. The highest BCUT2D eigenvalue weighted by Crippen LogP contribution is 2.17. The van der Waals surface area contributed by atoms with Gasteiger partial charge in [0.15, 0.2) is 5.82 Å². The van der Waals surface area contributed by atoms with Gasteiger partial charge in [-0.05, 0) is 19.1 Å². The number of halogens is 1. The maximum absolute atomic E-state index is 13.8. The summed E-state index contributed by atoms with van der Waals surface area (Å²) in [5.41, 5.74) is 5.48. The first-order valence-corrected chi connectivity index (χ1v) is 6.06. The van der Waals surface area contributed by atoms with Gasteiger partial charge in [0.25, 0.3) is 5.56 Å². The van der Waals surface area contributed by atoms with Gasteiger partial charge < -0.3 is 5.73 Å². The molecule has 20 heavy (non-hydrogen) atoms. The van der Waals surface area contributed by atoms with E-state index in [4.69, 9.17) is 5.73 Å². The number of hydrogen-bond acceptors (Lipinski definition) is 4. The second kappa shape index (κ2) is 4.53. The Kier molecular flexibility index (Phi) is 2.83. The molecule has 0 aliphatic carbocycles. The van der Waals surface area contributed by atoms with Gasteiger partial charge >= 0.3 is 0 Å². The molecule has 3 rings (SSSR count). The van der Waals surface area contributed by atoms with Crippen molar-refractivity contribution in [2.24, 2.45) is 5.73 Å². The van der Waals surface area contributed by atoms with Crippen LogP contribution >= 0.6 is 0 Å². The standard InChI is InChI=1S/C13H12FN5O/c1-7(15)12-17-11-8(3-2-4-9(11)14)13(20)19(12)10-5-6-16-18-10/h2-7H,15H2,1H3,(H,16,18). The number of hydrogen-bond donors (Lipinski definition) is 2. The zero-order valence-corrected chi connectivity index (χ0v) is 10.7. The number of nitrogens with two attached hydrogens (primary N) is 1. The van der Waals surface area contributed by atoms with Gasteiger partial charge in [-0.1, -0.05) is 6.07 Å². The highest BCUT2D eigenvalue weighted by Gasteiger charge is 2.18. The summed E-state index contributed by atoms with van der Waals surface area (Å²) in [4.78, 5) is 16.8. The molecule has 6 nitrogen and oxygen atoms in total. The van der Waals surface area contributed by atoms with E-state index < -0.39 is 17.4 Å². The normalized spacial score (nSPS) is 12.8. The monoisotopic (exact) mass is 273 g/mol. The van der Waals surface area contributed by atoms with Crippen LogP contribution in [-0.4, -0.2) is 19.7 Å². The fourth-order valence-corrected chi connectivity index (χ4v) is 2.09. The van der Waals surface area contributed by atoms with Crippen molar-refractivity contribution in [3.63, 3.8) is 0 Å². The number of para-hydroxylation sites is 1. The number of H-pyrrole nitrogens is 1. The second-order valence-corrected chi connectivity index (χ2v) is 4.47. The summed E-state index contributed by atoms with van der Waals surface area (Å²) in [7, 11) is 0. The smallest absolute Gasteiger partial charge is 0.267 e. The zero-order chi connectivity index (χ0) is 14.3. The molecule has 0 bridgehead atoms. The minimum atomic E-state index is -0.546. The van der Waals surface area contributed by atoms with Gasteiger partial charge in [-0.2, -0.15) is 5.10 Å². The van der Waals surface area contributed by atoms with Gasteiger partial charge in [-0.3, -0.25) is 9.89 Å². The van der Waals surface area contributed by atoms with Gasteiger partial charge in [-0.25, -0.2) is 13.9 Å². The van der Waals surface area contributed by atoms with Crippen molar-refractivity contribution >= 4 is 10.9 Å². The molecule has 0 aliphatic heterocycles. The van der Waals surface area contributed by atoms with E-state index in [1.54, 1.807) is 19.2 Å². The first kappa shape index (κ1) is 12.5. The first-order valence-electron chi connectivity index (χ1n) is 6.06. The Hall–Kier alpha value is -2.54. The van der Waals surface area contributed by atoms with Crippen molar-refractivity contribution in [1.29, 1.82) is 0 Å². The fraction of sp³-hybridized carbons (Fsp3) is 0.154. The number of aromatic nitrogens is 4. The Balaban J connectivity index is 2.47. The van der Waals surface area contributed by atoms with E-state index in [0.29, 0.717) is 5.82 Å². The van der Waals surface area contributed by atoms with Crippen LogP contribution in [0.25, 0.3) is 16.7 Å². The number of nitrogens with one attached hydrogen (secondary N) is 1. The SMILES string of the molecule is CC(N)c1nc2c(F)cccc2c(=O)n1-c1cc[nH]n1. The molecular weight excluding hydrogens is 261 g/mol. The van der Waals surface area contributed by atoms with E-state index in [0.717, 1.165) is 0 Å². The van der Waals surface area contributed by atoms with Crippen LogP contribution in [0.5, 0.6) is 0 Å². The third-order valence-electron chi connectivity index (χ3n) is 3.00. The number of rotatable bonds is 2. The summed E-state index contributed by atoms with van der Waals surface area (Å²) in [5, 5.41) is 6.79. The number of aromatic amines is 1. The van der Waals surface area contributed by atoms with Crippen molar-refractivity contribution in [3.05, 3.63) is 52.5 Å². The number of nitrogens with zero attached hydrogens (tertiary/aromatic N) is 3. The summed E-state index contributed by atoms with van der Waals surface area (Å²) in [5.74, 6) is 0.0938. The molecule has 1 unspecified atom stereocenters. The Labute approximate surface area is 113 Å². The third kappa shape index (κ3) is 1.79. The minimum Gasteiger partial charge on any atom is -0.322 e. The Morgan fingerprint density at radius 2 is 2.20 bits per heavy atom. The first-order chi connectivity index (χ1) is 9.59. The van der Waals surface area contributed by atoms with Gasteiger partial charge in [0.05, 0.1) is 11.4 Å². The molecule has 0 fully saturated rings. The van der Waals surface area contributed by atoms with E-state index in [1.807, 2.05) is 0 Å². The Morgan fingerprint density at radius 1 is 1.40 bits per heavy atom. The maximum Gasteiger partial charge on any atom is 0.267 e. The number of benzene rings is 1. The molecule has 3 N–H and O–H groups in total. The van der Waals surface area contributed by atoms with E-state index in [-0.39, 0.29) is 16.7 Å². The summed E-state index contributed by atoms with van der Waals surface area (Å²) in [6, 6.07) is 5.35. The zero-order valence-electron chi connectivity index (χ0n) is 10.7. The van der Waals surface area contributed by atoms with Gasteiger partial charge in [-0.15, -0.1) is 0 Å². The van der Waals surface area contributed by atoms with E-state index in [2.05, 4.69) is 15.2 Å². The Bertz CT molecular complexity index is 823. The highest BCUT2D eigenvalue weighted by atomic mass is 19.1.